The van der Waals surface area contributed by atoms with Crippen molar-refractivity contribution in [1.82, 2.24) is 9.62 Å². The van der Waals surface area contributed by atoms with Crippen molar-refractivity contribution in [3.05, 3.63) is 0 Å². The molecule has 0 spiro atoms. The SMILES string of the molecule is CCC1CCCN(S(=O)(=O)C(C)CNC2CC2)CC1. The van der Waals surface area contributed by atoms with E-state index in [9.17, 15) is 8.42 Å². The first-order chi connectivity index (χ1) is 9.04. The molecular formula is C14H28N2O2S. The number of nitrogens with zero attached hydrogens (tertiary/aromatic N) is 1. The molecule has 1 aliphatic heterocycles. The Bertz CT molecular complexity index is 379. The van der Waals surface area contributed by atoms with E-state index in [-0.39, 0.29) is 5.25 Å². The van der Waals surface area contributed by atoms with Crippen molar-refractivity contribution in [3.8, 4) is 0 Å². The van der Waals surface area contributed by atoms with E-state index in [1.165, 1.54) is 25.7 Å². The Balaban J connectivity index is 1.89. The summed E-state index contributed by atoms with van der Waals surface area (Å²) in [5.41, 5.74) is 0. The lowest BCUT2D eigenvalue weighted by Crippen LogP contribution is -2.42. The summed E-state index contributed by atoms with van der Waals surface area (Å²) in [6.07, 6.45) is 6.80. The van der Waals surface area contributed by atoms with Gasteiger partial charge in [0.2, 0.25) is 10.0 Å². The molecule has 0 aromatic rings. The summed E-state index contributed by atoms with van der Waals surface area (Å²) in [6.45, 7) is 6.08. The van der Waals surface area contributed by atoms with Crippen LogP contribution < -0.4 is 5.32 Å². The van der Waals surface area contributed by atoms with Gasteiger partial charge in [-0.05, 0) is 44.9 Å². The van der Waals surface area contributed by atoms with Gasteiger partial charge in [0.15, 0.2) is 0 Å². The van der Waals surface area contributed by atoms with E-state index in [1.54, 1.807) is 4.31 Å². The summed E-state index contributed by atoms with van der Waals surface area (Å²) < 4.78 is 26.8. The van der Waals surface area contributed by atoms with Crippen molar-refractivity contribution < 1.29 is 8.42 Å². The average Bonchev–Trinajstić information content (AvgIpc) is 3.21. The lowest BCUT2D eigenvalue weighted by Gasteiger charge is -2.24. The van der Waals surface area contributed by atoms with Crippen LogP contribution in [0.4, 0.5) is 0 Å². The molecule has 19 heavy (non-hydrogen) atoms. The van der Waals surface area contributed by atoms with Gasteiger partial charge in [0.25, 0.3) is 0 Å². The molecular weight excluding hydrogens is 260 g/mol. The van der Waals surface area contributed by atoms with Crippen molar-refractivity contribution >= 4 is 10.0 Å². The quantitative estimate of drug-likeness (QED) is 0.813. The second-order valence-electron chi connectivity index (χ2n) is 6.14. The summed E-state index contributed by atoms with van der Waals surface area (Å²) in [4.78, 5) is 0. The molecule has 2 fully saturated rings. The van der Waals surface area contributed by atoms with E-state index in [0.717, 1.165) is 12.8 Å². The first kappa shape index (κ1) is 15.3. The molecule has 0 aromatic carbocycles. The second kappa shape index (κ2) is 6.55. The summed E-state index contributed by atoms with van der Waals surface area (Å²) >= 11 is 0. The molecule has 2 unspecified atom stereocenters. The smallest absolute Gasteiger partial charge is 0.217 e. The molecule has 2 rings (SSSR count). The molecule has 1 aliphatic carbocycles. The standard InChI is InChI=1S/C14H28N2O2S/c1-3-13-5-4-9-16(10-8-13)19(17,18)12(2)11-15-14-6-7-14/h12-15H,3-11H2,1-2H3. The summed E-state index contributed by atoms with van der Waals surface area (Å²) in [7, 11) is -3.11. The maximum absolute atomic E-state index is 12.6. The van der Waals surface area contributed by atoms with Crippen LogP contribution in [0.15, 0.2) is 0 Å². The summed E-state index contributed by atoms with van der Waals surface area (Å²) in [6, 6.07) is 0.575. The van der Waals surface area contributed by atoms with E-state index >= 15 is 0 Å². The minimum atomic E-state index is -3.11. The third kappa shape index (κ3) is 4.17. The zero-order chi connectivity index (χ0) is 13.9. The fourth-order valence-corrected chi connectivity index (χ4v) is 4.34. The number of nitrogens with one attached hydrogen (secondary N) is 1. The molecule has 0 amide bonds. The van der Waals surface area contributed by atoms with Gasteiger partial charge in [-0.3, -0.25) is 0 Å². The van der Waals surface area contributed by atoms with Crippen molar-refractivity contribution in [2.45, 2.75) is 63.7 Å². The van der Waals surface area contributed by atoms with Crippen LogP contribution >= 0.6 is 0 Å². The molecule has 1 saturated heterocycles. The number of hydrogen-bond donors (Lipinski definition) is 1. The minimum absolute atomic E-state index is 0.300. The van der Waals surface area contributed by atoms with Gasteiger partial charge in [0, 0.05) is 25.7 Å². The summed E-state index contributed by atoms with van der Waals surface area (Å²) in [5.74, 6) is 0.708. The predicted octanol–water partition coefficient (Wildman–Crippen LogP) is 1.97. The van der Waals surface area contributed by atoms with Gasteiger partial charge in [-0.15, -0.1) is 0 Å². The molecule has 2 aliphatic rings. The Kier molecular flexibility index (Phi) is 5.26. The third-order valence-corrected chi connectivity index (χ3v) is 6.79. The number of sulfonamides is 1. The minimum Gasteiger partial charge on any atom is -0.313 e. The van der Waals surface area contributed by atoms with Gasteiger partial charge in [-0.2, -0.15) is 0 Å². The zero-order valence-electron chi connectivity index (χ0n) is 12.3. The van der Waals surface area contributed by atoms with Gasteiger partial charge in [-0.25, -0.2) is 12.7 Å². The van der Waals surface area contributed by atoms with Crippen molar-refractivity contribution in [1.29, 1.82) is 0 Å². The maximum atomic E-state index is 12.6. The molecule has 1 N–H and O–H groups in total. The van der Waals surface area contributed by atoms with Crippen molar-refractivity contribution in [2.75, 3.05) is 19.6 Å². The molecule has 1 heterocycles. The Morgan fingerprint density at radius 1 is 1.21 bits per heavy atom. The fourth-order valence-electron chi connectivity index (χ4n) is 2.78. The van der Waals surface area contributed by atoms with Gasteiger partial charge < -0.3 is 5.32 Å². The van der Waals surface area contributed by atoms with Crippen LogP contribution in [0.2, 0.25) is 0 Å². The van der Waals surface area contributed by atoms with Crippen LogP contribution in [0.25, 0.3) is 0 Å². The monoisotopic (exact) mass is 288 g/mol. The first-order valence-electron chi connectivity index (χ1n) is 7.76. The van der Waals surface area contributed by atoms with Crippen LogP contribution in [0.1, 0.15) is 52.4 Å². The van der Waals surface area contributed by atoms with Crippen molar-refractivity contribution in [2.24, 2.45) is 5.92 Å². The number of hydrogen-bond acceptors (Lipinski definition) is 3. The molecule has 1 saturated carbocycles. The highest BCUT2D eigenvalue weighted by Crippen LogP contribution is 2.24. The second-order valence-corrected chi connectivity index (χ2v) is 8.49. The van der Waals surface area contributed by atoms with E-state index in [0.29, 0.717) is 31.6 Å². The summed E-state index contributed by atoms with van der Waals surface area (Å²) in [5, 5.41) is 3.03. The topological polar surface area (TPSA) is 49.4 Å². The maximum Gasteiger partial charge on any atom is 0.217 e. The van der Waals surface area contributed by atoms with Crippen LogP contribution in [-0.4, -0.2) is 43.6 Å². The Morgan fingerprint density at radius 3 is 2.58 bits per heavy atom. The largest absolute Gasteiger partial charge is 0.313 e. The normalized spacial score (nSPS) is 28.0. The highest BCUT2D eigenvalue weighted by Gasteiger charge is 2.31. The molecule has 0 bridgehead atoms. The lowest BCUT2D eigenvalue weighted by atomic mass is 9.98. The van der Waals surface area contributed by atoms with Crippen LogP contribution in [-0.2, 0) is 10.0 Å². The van der Waals surface area contributed by atoms with Gasteiger partial charge in [0.1, 0.15) is 0 Å². The van der Waals surface area contributed by atoms with Crippen molar-refractivity contribution in [3.63, 3.8) is 0 Å². The lowest BCUT2D eigenvalue weighted by molar-refractivity contribution is 0.401. The van der Waals surface area contributed by atoms with Gasteiger partial charge >= 0.3 is 0 Å². The molecule has 0 radical (unpaired) electrons. The zero-order valence-corrected chi connectivity index (χ0v) is 13.1. The first-order valence-corrected chi connectivity index (χ1v) is 9.26. The Labute approximate surface area is 118 Å². The molecule has 0 aromatic heterocycles. The highest BCUT2D eigenvalue weighted by atomic mass is 32.2. The van der Waals surface area contributed by atoms with Gasteiger partial charge in [-0.1, -0.05) is 13.3 Å². The molecule has 112 valence electrons. The fraction of sp³-hybridized carbons (Fsp3) is 1.00. The number of rotatable bonds is 6. The average molecular weight is 288 g/mol. The van der Waals surface area contributed by atoms with E-state index in [2.05, 4.69) is 12.2 Å². The molecule has 4 nitrogen and oxygen atoms in total. The molecule has 2 atom stereocenters. The van der Waals surface area contributed by atoms with E-state index in [4.69, 9.17) is 0 Å². The Hall–Kier alpha value is -0.130. The molecule has 5 heteroatoms. The van der Waals surface area contributed by atoms with Crippen LogP contribution in [0.5, 0.6) is 0 Å². The van der Waals surface area contributed by atoms with Crippen LogP contribution in [0.3, 0.4) is 0 Å². The van der Waals surface area contributed by atoms with Gasteiger partial charge in [0.05, 0.1) is 5.25 Å². The Morgan fingerprint density at radius 2 is 1.95 bits per heavy atom. The highest BCUT2D eigenvalue weighted by molar-refractivity contribution is 7.89. The van der Waals surface area contributed by atoms with Crippen LogP contribution in [0, 0.1) is 5.92 Å². The third-order valence-electron chi connectivity index (χ3n) is 4.52. The predicted molar refractivity (Wildman–Crippen MR) is 78.6 cm³/mol. The van der Waals surface area contributed by atoms with E-state index in [1.807, 2.05) is 6.92 Å². The van der Waals surface area contributed by atoms with E-state index < -0.39 is 10.0 Å².